The van der Waals surface area contributed by atoms with Crippen molar-refractivity contribution in [1.29, 1.82) is 0 Å². The first-order valence-corrected chi connectivity index (χ1v) is 25.8. The third kappa shape index (κ3) is 8.75. The number of anilines is 4. The summed E-state index contributed by atoms with van der Waals surface area (Å²) in [6.07, 6.45) is 1.94. The van der Waals surface area contributed by atoms with Gasteiger partial charge >= 0.3 is 0 Å². The van der Waals surface area contributed by atoms with Crippen molar-refractivity contribution >= 4 is 44.6 Å². The van der Waals surface area contributed by atoms with E-state index in [1.165, 1.54) is 61.3 Å². The highest BCUT2D eigenvalue weighted by molar-refractivity contribution is 6.10. The zero-order chi connectivity index (χ0) is 50.9. The lowest BCUT2D eigenvalue weighted by atomic mass is 9.68. The van der Waals surface area contributed by atoms with Gasteiger partial charge in [-0.15, -0.1) is 0 Å². The number of rotatable bonds is 10. The van der Waals surface area contributed by atoms with Crippen LogP contribution >= 0.6 is 0 Å². The topological polar surface area (TPSA) is 33.5 Å². The van der Waals surface area contributed by atoms with Gasteiger partial charge in [0.05, 0.1) is 22.4 Å². The summed E-state index contributed by atoms with van der Waals surface area (Å²) >= 11 is 0. The molecule has 5 heteroatoms. The van der Waals surface area contributed by atoms with Gasteiger partial charge in [0.25, 0.3) is 0 Å². The van der Waals surface area contributed by atoms with E-state index < -0.39 is 0 Å². The summed E-state index contributed by atoms with van der Waals surface area (Å²) in [7, 11) is 0. The Morgan fingerprint density at radius 1 is 0.397 bits per heavy atom. The fourth-order valence-electron chi connectivity index (χ4n) is 10.9. The molecule has 0 saturated heterocycles. The molecule has 0 aliphatic carbocycles. The zero-order valence-electron chi connectivity index (χ0n) is 44.0. The Kier molecular flexibility index (Phi) is 11.7. The van der Waals surface area contributed by atoms with Crippen molar-refractivity contribution in [2.45, 2.75) is 90.9 Å². The number of aromatic nitrogens is 2. The molecule has 3 heterocycles. The number of ether oxygens (including phenoxy) is 1. The normalized spacial score (nSPS) is 13.2. The quantitative estimate of drug-likeness (QED) is 0.137. The van der Waals surface area contributed by atoms with Gasteiger partial charge in [-0.1, -0.05) is 184 Å². The predicted octanol–water partition coefficient (Wildman–Crippen LogP) is 18.1. The van der Waals surface area contributed by atoms with Crippen LogP contribution in [0, 0.1) is 0 Å². The van der Waals surface area contributed by atoms with Crippen molar-refractivity contribution in [2.75, 3.05) is 16.5 Å². The van der Waals surface area contributed by atoms with Crippen LogP contribution in [0.25, 0.3) is 38.8 Å². The van der Waals surface area contributed by atoms with E-state index in [9.17, 15) is 0 Å². The highest BCUT2D eigenvalue weighted by Crippen LogP contribution is 2.52. The molecular weight excluding hydrogens is 889 g/mol. The van der Waals surface area contributed by atoms with E-state index in [1.54, 1.807) is 0 Å². The maximum atomic E-state index is 6.97. The molecule has 0 bridgehead atoms. The molecule has 5 nitrogen and oxygen atoms in total. The Labute approximate surface area is 432 Å². The summed E-state index contributed by atoms with van der Waals surface area (Å²) in [5, 5.41) is 2.31. The fourth-order valence-corrected chi connectivity index (χ4v) is 10.9. The summed E-state index contributed by atoms with van der Waals surface area (Å²) < 4.78 is 9.27. The first-order chi connectivity index (χ1) is 34.9. The number of hydrogen-bond donors (Lipinski definition) is 0. The molecule has 0 radical (unpaired) electrons. The predicted molar refractivity (Wildman–Crippen MR) is 307 cm³/mol. The van der Waals surface area contributed by atoms with Crippen LogP contribution in [0.4, 0.5) is 22.7 Å². The molecule has 0 saturated carbocycles. The fraction of sp³-hybridized carbons (Fsp3) is 0.221. The van der Waals surface area contributed by atoms with E-state index >= 15 is 0 Å². The van der Waals surface area contributed by atoms with Crippen LogP contribution in [0.15, 0.2) is 206 Å². The second kappa shape index (κ2) is 18.0. The highest BCUT2D eigenvalue weighted by atomic mass is 16.5. The van der Waals surface area contributed by atoms with E-state index in [4.69, 9.17) is 9.72 Å². The second-order valence-electron chi connectivity index (χ2n) is 23.0. The minimum atomic E-state index is -0.318. The van der Waals surface area contributed by atoms with Gasteiger partial charge in [0, 0.05) is 51.3 Å². The van der Waals surface area contributed by atoms with Gasteiger partial charge in [-0.3, -0.25) is 4.57 Å². The SMILES string of the molecule is CC(C)(C)c1cccc(N2CN(c3cccc(Oc4ccc5c6cc(-c7ccccc7)ccc6n(-c6cc(C(C)(C)C)ccn6)c5c4)c3)c3cc(C(C)(C)c4ccccc4)c(C(C)(C)c4ccccc4)cc32)c1. The average Bonchev–Trinajstić information content (AvgIpc) is 3.94. The van der Waals surface area contributed by atoms with Crippen LogP contribution in [-0.2, 0) is 21.7 Å². The summed E-state index contributed by atoms with van der Waals surface area (Å²) in [6, 6.07) is 72.9. The van der Waals surface area contributed by atoms with Crippen molar-refractivity contribution in [1.82, 2.24) is 9.55 Å². The Morgan fingerprint density at radius 2 is 0.932 bits per heavy atom. The Morgan fingerprint density at radius 3 is 1.53 bits per heavy atom. The molecule has 1 aliphatic rings. The summed E-state index contributed by atoms with van der Waals surface area (Å²) in [5.74, 6) is 2.40. The molecule has 73 heavy (non-hydrogen) atoms. The van der Waals surface area contributed by atoms with Crippen LogP contribution in [-0.4, -0.2) is 16.2 Å². The van der Waals surface area contributed by atoms with Crippen LogP contribution in [0.5, 0.6) is 11.5 Å². The van der Waals surface area contributed by atoms with Gasteiger partial charge in [-0.2, -0.15) is 0 Å². The number of benzene rings is 8. The lowest BCUT2D eigenvalue weighted by Gasteiger charge is -2.36. The van der Waals surface area contributed by atoms with Gasteiger partial charge in [-0.05, 0) is 128 Å². The zero-order valence-corrected chi connectivity index (χ0v) is 44.0. The lowest BCUT2D eigenvalue weighted by molar-refractivity contribution is 0.483. The minimum absolute atomic E-state index is 0.0105. The lowest BCUT2D eigenvalue weighted by Crippen LogP contribution is -2.28. The third-order valence-corrected chi connectivity index (χ3v) is 15.4. The molecule has 0 atom stereocenters. The van der Waals surface area contributed by atoms with Crippen LogP contribution in [0.3, 0.4) is 0 Å². The third-order valence-electron chi connectivity index (χ3n) is 15.4. The Hall–Kier alpha value is -7.89. The van der Waals surface area contributed by atoms with Gasteiger partial charge in [-0.25, -0.2) is 4.98 Å². The van der Waals surface area contributed by atoms with Crippen molar-refractivity contribution in [3.05, 3.63) is 240 Å². The van der Waals surface area contributed by atoms with E-state index in [0.717, 1.165) is 45.1 Å². The molecule has 2 aromatic heterocycles. The molecule has 0 fully saturated rings. The molecule has 0 amide bonds. The number of hydrogen-bond acceptors (Lipinski definition) is 4. The molecule has 1 aliphatic heterocycles. The summed E-state index contributed by atoms with van der Waals surface area (Å²) in [6.45, 7) is 23.8. The maximum Gasteiger partial charge on any atom is 0.137 e. The van der Waals surface area contributed by atoms with Crippen molar-refractivity contribution in [2.24, 2.45) is 0 Å². The largest absolute Gasteiger partial charge is 0.457 e. The number of nitrogens with zero attached hydrogens (tertiary/aromatic N) is 4. The molecular formula is C68H66N4O. The van der Waals surface area contributed by atoms with Crippen molar-refractivity contribution in [3.63, 3.8) is 0 Å². The smallest absolute Gasteiger partial charge is 0.137 e. The Balaban J connectivity index is 1.04. The van der Waals surface area contributed by atoms with E-state index in [0.29, 0.717) is 6.67 Å². The molecule has 0 spiro atoms. The first kappa shape index (κ1) is 47.4. The van der Waals surface area contributed by atoms with Gasteiger partial charge in [0.15, 0.2) is 0 Å². The number of pyridine rings is 1. The van der Waals surface area contributed by atoms with E-state index in [2.05, 4.69) is 284 Å². The number of fused-ring (bicyclic) bond motifs is 4. The summed E-state index contributed by atoms with van der Waals surface area (Å²) in [5.41, 5.74) is 16.1. The van der Waals surface area contributed by atoms with Gasteiger partial charge in [0.1, 0.15) is 24.0 Å². The average molecular weight is 955 g/mol. The molecule has 10 aromatic rings. The van der Waals surface area contributed by atoms with Crippen LogP contribution < -0.4 is 14.5 Å². The molecule has 364 valence electrons. The molecule has 0 N–H and O–H groups in total. The highest BCUT2D eigenvalue weighted by Gasteiger charge is 2.38. The Bertz CT molecular complexity index is 3650. The molecule has 11 rings (SSSR count). The van der Waals surface area contributed by atoms with Crippen molar-refractivity contribution in [3.8, 4) is 28.4 Å². The monoisotopic (exact) mass is 955 g/mol. The van der Waals surface area contributed by atoms with Crippen LogP contribution in [0.1, 0.15) is 103 Å². The van der Waals surface area contributed by atoms with E-state index in [1.807, 2.05) is 6.20 Å². The van der Waals surface area contributed by atoms with Crippen molar-refractivity contribution < 1.29 is 4.74 Å². The summed E-state index contributed by atoms with van der Waals surface area (Å²) in [4.78, 5) is 9.96. The first-order valence-electron chi connectivity index (χ1n) is 25.8. The second-order valence-corrected chi connectivity index (χ2v) is 23.0. The standard InChI is InChI=1S/C68H66N4O/c1-65(2,3)50-28-20-29-52(39-50)70-45-71(63-44-59(68(9,10)49-26-18-13-19-27-49)58(43-62(63)70)67(7,8)48-24-16-12-17-25-48)53-30-21-31-54(41-53)73-55-33-34-56-57-38-47(46-22-14-11-15-23-46)32-35-60(57)72(61(56)42-55)64-40-51(36-37-69-64)66(4,5)6/h11-44H,45H2,1-10H3. The van der Waals surface area contributed by atoms with Crippen LogP contribution in [0.2, 0.25) is 0 Å². The van der Waals surface area contributed by atoms with Gasteiger partial charge < -0.3 is 14.5 Å². The van der Waals surface area contributed by atoms with Gasteiger partial charge in [0.2, 0.25) is 0 Å². The molecule has 8 aromatic carbocycles. The molecule has 0 unspecified atom stereocenters. The minimum Gasteiger partial charge on any atom is -0.457 e. The maximum absolute atomic E-state index is 6.97. The van der Waals surface area contributed by atoms with E-state index in [-0.39, 0.29) is 21.7 Å².